The van der Waals surface area contributed by atoms with Gasteiger partial charge in [0.1, 0.15) is 0 Å². The van der Waals surface area contributed by atoms with Crippen LogP contribution in [-0.2, 0) is 10.1 Å². The number of nitrogens with zero attached hydrogens (tertiary/aromatic N) is 1. The second kappa shape index (κ2) is 3.35. The Hall–Kier alpha value is -1.47. The number of hydrogen-bond acceptors (Lipinski definition) is 3. The van der Waals surface area contributed by atoms with Crippen LogP contribution in [0.1, 0.15) is 5.69 Å². The molecule has 1 aromatic heterocycles. The molecule has 0 fully saturated rings. The SMILES string of the molecule is Cc1c(S(=O)(=O)O)ccc[n+]1C(=O)O. The topological polar surface area (TPSA) is 95.6 Å². The Kier molecular flexibility index (Phi) is 2.54. The predicted octanol–water partition coefficient (Wildman–Crippen LogP) is 0.0553. The maximum atomic E-state index is 10.8. The maximum absolute atomic E-state index is 10.8. The smallest absolute Gasteiger partial charge is 0.427 e. The second-order valence-electron chi connectivity index (χ2n) is 2.59. The number of carbonyl (C=O) groups is 1. The molecule has 0 aliphatic heterocycles. The van der Waals surface area contributed by atoms with E-state index in [-0.39, 0.29) is 5.69 Å². The van der Waals surface area contributed by atoms with E-state index in [2.05, 4.69) is 0 Å². The van der Waals surface area contributed by atoms with Crippen LogP contribution in [0.25, 0.3) is 0 Å². The molecule has 0 unspecified atom stereocenters. The summed E-state index contributed by atoms with van der Waals surface area (Å²) in [5.41, 5.74) is -0.0532. The lowest BCUT2D eigenvalue weighted by molar-refractivity contribution is -0.593. The second-order valence-corrected chi connectivity index (χ2v) is 3.98. The molecule has 1 heterocycles. The van der Waals surface area contributed by atoms with Crippen molar-refractivity contribution in [2.45, 2.75) is 11.8 Å². The summed E-state index contributed by atoms with van der Waals surface area (Å²) in [4.78, 5) is 10.2. The first-order chi connectivity index (χ1) is 6.34. The highest BCUT2D eigenvalue weighted by Crippen LogP contribution is 2.09. The molecule has 0 radical (unpaired) electrons. The molecule has 7 heteroatoms. The molecule has 0 saturated carbocycles. The fraction of sp³-hybridized carbons (Fsp3) is 0.143. The zero-order valence-electron chi connectivity index (χ0n) is 7.21. The minimum atomic E-state index is -4.37. The first-order valence-corrected chi connectivity index (χ1v) is 5.00. The van der Waals surface area contributed by atoms with Crippen LogP contribution in [0.5, 0.6) is 0 Å². The molecular formula is C7H8NO5S+. The summed E-state index contributed by atoms with van der Waals surface area (Å²) in [6.07, 6.45) is -0.125. The average molecular weight is 218 g/mol. The van der Waals surface area contributed by atoms with Crippen molar-refractivity contribution in [3.8, 4) is 0 Å². The van der Waals surface area contributed by atoms with E-state index >= 15 is 0 Å². The zero-order valence-corrected chi connectivity index (χ0v) is 8.02. The Balaban J connectivity index is 3.51. The van der Waals surface area contributed by atoms with E-state index < -0.39 is 21.1 Å². The molecule has 14 heavy (non-hydrogen) atoms. The summed E-state index contributed by atoms with van der Waals surface area (Å²) in [5.74, 6) is 0. The molecule has 0 aliphatic carbocycles. The lowest BCUT2D eigenvalue weighted by Crippen LogP contribution is -2.44. The fourth-order valence-corrected chi connectivity index (χ4v) is 1.77. The molecule has 1 aromatic rings. The molecule has 0 aromatic carbocycles. The van der Waals surface area contributed by atoms with Gasteiger partial charge < -0.3 is 5.11 Å². The lowest BCUT2D eigenvalue weighted by atomic mass is 10.4. The van der Waals surface area contributed by atoms with Gasteiger partial charge in [-0.05, 0) is 6.07 Å². The monoisotopic (exact) mass is 218 g/mol. The van der Waals surface area contributed by atoms with Gasteiger partial charge in [0.15, 0.2) is 11.1 Å². The first kappa shape index (κ1) is 10.6. The van der Waals surface area contributed by atoms with Crippen LogP contribution < -0.4 is 4.57 Å². The molecule has 0 amide bonds. The number of pyridine rings is 1. The van der Waals surface area contributed by atoms with E-state index in [9.17, 15) is 13.2 Å². The summed E-state index contributed by atoms with van der Waals surface area (Å²) in [6, 6.07) is 2.36. The van der Waals surface area contributed by atoms with Gasteiger partial charge in [0.25, 0.3) is 0 Å². The third-order valence-corrected chi connectivity index (χ3v) is 2.67. The highest BCUT2D eigenvalue weighted by atomic mass is 32.2. The molecule has 0 aliphatic rings. The van der Waals surface area contributed by atoms with Crippen LogP contribution in [0.2, 0.25) is 0 Å². The molecule has 6 nitrogen and oxygen atoms in total. The van der Waals surface area contributed by atoms with Crippen LogP contribution in [0.15, 0.2) is 23.2 Å². The van der Waals surface area contributed by atoms with Crippen LogP contribution in [0.4, 0.5) is 4.79 Å². The van der Waals surface area contributed by atoms with Crippen molar-refractivity contribution in [3.05, 3.63) is 24.0 Å². The van der Waals surface area contributed by atoms with E-state index in [1.54, 1.807) is 0 Å². The van der Waals surface area contributed by atoms with E-state index in [0.717, 1.165) is 6.07 Å². The third-order valence-electron chi connectivity index (χ3n) is 1.68. The molecular weight excluding hydrogens is 210 g/mol. The molecule has 0 spiro atoms. The van der Waals surface area contributed by atoms with E-state index in [1.165, 1.54) is 19.2 Å². The van der Waals surface area contributed by atoms with Crippen LogP contribution in [0, 0.1) is 6.92 Å². The van der Waals surface area contributed by atoms with Crippen LogP contribution >= 0.6 is 0 Å². The van der Waals surface area contributed by atoms with Gasteiger partial charge in [-0.15, -0.1) is 0 Å². The highest BCUT2D eigenvalue weighted by molar-refractivity contribution is 7.85. The van der Waals surface area contributed by atoms with E-state index in [0.29, 0.717) is 4.57 Å². The van der Waals surface area contributed by atoms with Crippen molar-refractivity contribution in [1.29, 1.82) is 0 Å². The van der Waals surface area contributed by atoms with Crippen LogP contribution in [-0.4, -0.2) is 24.2 Å². The molecule has 0 atom stereocenters. The summed E-state index contributed by atoms with van der Waals surface area (Å²) in [5, 5.41) is 8.64. The quantitative estimate of drug-likeness (QED) is 0.513. The predicted molar refractivity (Wildman–Crippen MR) is 44.6 cm³/mol. The average Bonchev–Trinajstić information content (AvgIpc) is 2.01. The lowest BCUT2D eigenvalue weighted by Gasteiger charge is -1.98. The van der Waals surface area contributed by atoms with Gasteiger partial charge in [-0.3, -0.25) is 4.55 Å². The summed E-state index contributed by atoms with van der Waals surface area (Å²) < 4.78 is 31.0. The van der Waals surface area contributed by atoms with Gasteiger partial charge in [0.2, 0.25) is 5.69 Å². The van der Waals surface area contributed by atoms with Gasteiger partial charge in [0.05, 0.1) is 0 Å². The van der Waals surface area contributed by atoms with Crippen molar-refractivity contribution < 1.29 is 27.4 Å². The Bertz CT molecular complexity index is 479. The fourth-order valence-electron chi connectivity index (χ4n) is 1.05. The number of aromatic nitrogens is 1. The molecule has 0 bridgehead atoms. The third kappa shape index (κ3) is 1.88. The standard InChI is InChI=1S/C7H7NO5S/c1-5-6(14(11,12)13)3-2-4-8(5)7(9)10/h2-4H,1H3,(H-,9,10,11,12,13)/p+1. The van der Waals surface area contributed by atoms with Gasteiger partial charge >= 0.3 is 16.2 Å². The Morgan fingerprint density at radius 3 is 2.50 bits per heavy atom. The minimum absolute atomic E-state index is 0.0532. The number of carboxylic acid groups (broad SMARTS) is 1. The zero-order chi connectivity index (χ0) is 10.9. The number of hydrogen-bond donors (Lipinski definition) is 2. The summed E-state index contributed by atoms with van der Waals surface area (Å²) in [7, 11) is -4.37. The van der Waals surface area contributed by atoms with Crippen molar-refractivity contribution in [1.82, 2.24) is 0 Å². The first-order valence-electron chi connectivity index (χ1n) is 3.56. The summed E-state index contributed by atoms with van der Waals surface area (Å²) >= 11 is 0. The van der Waals surface area contributed by atoms with Gasteiger partial charge in [-0.2, -0.15) is 13.2 Å². The van der Waals surface area contributed by atoms with E-state index in [4.69, 9.17) is 9.66 Å². The molecule has 2 N–H and O–H groups in total. The Labute approximate surface area is 80.2 Å². The van der Waals surface area contributed by atoms with Crippen molar-refractivity contribution in [2.24, 2.45) is 0 Å². The highest BCUT2D eigenvalue weighted by Gasteiger charge is 2.24. The van der Waals surface area contributed by atoms with Gasteiger partial charge in [-0.25, -0.2) is 0 Å². The Morgan fingerprint density at radius 1 is 1.50 bits per heavy atom. The Morgan fingerprint density at radius 2 is 2.07 bits per heavy atom. The van der Waals surface area contributed by atoms with Crippen LogP contribution in [0.3, 0.4) is 0 Å². The normalized spacial score (nSPS) is 11.3. The molecule has 0 saturated heterocycles. The molecule has 76 valence electrons. The van der Waals surface area contributed by atoms with E-state index in [1.807, 2.05) is 0 Å². The minimum Gasteiger partial charge on any atom is -0.427 e. The largest absolute Gasteiger partial charge is 0.599 e. The van der Waals surface area contributed by atoms with Crippen molar-refractivity contribution in [3.63, 3.8) is 0 Å². The van der Waals surface area contributed by atoms with Gasteiger partial charge in [-0.1, -0.05) is 4.57 Å². The summed E-state index contributed by atoms with van der Waals surface area (Å²) in [6.45, 7) is 1.29. The molecule has 1 rings (SSSR count). The van der Waals surface area contributed by atoms with Crippen molar-refractivity contribution >= 4 is 16.2 Å². The van der Waals surface area contributed by atoms with Crippen molar-refractivity contribution in [2.75, 3.05) is 0 Å². The van der Waals surface area contributed by atoms with Gasteiger partial charge in [0, 0.05) is 13.0 Å². The maximum Gasteiger partial charge on any atom is 0.599 e. The number of rotatable bonds is 1.